The van der Waals surface area contributed by atoms with Crippen LogP contribution in [0.5, 0.6) is 0 Å². The van der Waals surface area contributed by atoms with Crippen LogP contribution in [0.2, 0.25) is 0 Å². The van der Waals surface area contributed by atoms with Gasteiger partial charge in [-0.1, -0.05) is 30.3 Å². The van der Waals surface area contributed by atoms with Gasteiger partial charge in [0, 0.05) is 5.92 Å². The fourth-order valence-corrected chi connectivity index (χ4v) is 2.54. The van der Waals surface area contributed by atoms with E-state index in [1.54, 1.807) is 0 Å². The Morgan fingerprint density at radius 2 is 1.89 bits per heavy atom. The van der Waals surface area contributed by atoms with Gasteiger partial charge in [0.25, 0.3) is 0 Å². The summed E-state index contributed by atoms with van der Waals surface area (Å²) >= 11 is 0. The van der Waals surface area contributed by atoms with Crippen LogP contribution in [0.25, 0.3) is 0 Å². The number of methoxy groups -OCH3 is 1. The molecule has 2 rings (SSSR count). The Kier molecular flexibility index (Phi) is 3.11. The summed E-state index contributed by atoms with van der Waals surface area (Å²) in [6.45, 7) is 3.62. The molecule has 4 heteroatoms. The number of carbonyl (C=O) groups excluding carboxylic acids is 2. The molecule has 1 heterocycles. The molecule has 1 aromatic rings. The molecule has 0 radical (unpaired) electrons. The van der Waals surface area contributed by atoms with Gasteiger partial charge in [0.05, 0.1) is 7.11 Å². The Hall–Kier alpha value is -1.84. The van der Waals surface area contributed by atoms with Crippen molar-refractivity contribution in [2.75, 3.05) is 7.11 Å². The van der Waals surface area contributed by atoms with Crippen molar-refractivity contribution >= 4 is 11.9 Å². The van der Waals surface area contributed by atoms with Crippen LogP contribution in [0, 0.1) is 5.92 Å². The summed E-state index contributed by atoms with van der Waals surface area (Å²) in [6.07, 6.45) is 0. The monoisotopic (exact) mass is 248 g/mol. The van der Waals surface area contributed by atoms with Crippen LogP contribution in [0.1, 0.15) is 25.3 Å². The van der Waals surface area contributed by atoms with E-state index >= 15 is 0 Å². The standard InChI is InChI=1S/C14H16O4/c1-14(2)11(9-7-5-4-6-8-9)10(12(15)17-3)13(16)18-14/h4-8,10-11H,1-3H3/t10-,11+/m0/s1. The molecule has 0 aliphatic carbocycles. The van der Waals surface area contributed by atoms with E-state index in [0.29, 0.717) is 0 Å². The summed E-state index contributed by atoms with van der Waals surface area (Å²) in [6, 6.07) is 9.43. The maximum Gasteiger partial charge on any atom is 0.321 e. The van der Waals surface area contributed by atoms with Crippen LogP contribution in [0.4, 0.5) is 0 Å². The third kappa shape index (κ3) is 1.98. The first kappa shape index (κ1) is 12.6. The van der Waals surface area contributed by atoms with Crippen molar-refractivity contribution in [2.24, 2.45) is 5.92 Å². The van der Waals surface area contributed by atoms with Gasteiger partial charge in [-0.25, -0.2) is 0 Å². The first-order valence-corrected chi connectivity index (χ1v) is 5.83. The fourth-order valence-electron chi connectivity index (χ4n) is 2.54. The first-order chi connectivity index (χ1) is 8.47. The van der Waals surface area contributed by atoms with Crippen LogP contribution in [-0.4, -0.2) is 24.6 Å². The molecule has 1 aromatic carbocycles. The lowest BCUT2D eigenvalue weighted by Crippen LogP contribution is -2.31. The molecule has 0 unspecified atom stereocenters. The number of esters is 2. The molecule has 2 atom stereocenters. The minimum absolute atomic E-state index is 0.321. The van der Waals surface area contributed by atoms with Crippen molar-refractivity contribution in [3.8, 4) is 0 Å². The second-order valence-electron chi connectivity index (χ2n) is 4.91. The maximum atomic E-state index is 11.9. The van der Waals surface area contributed by atoms with E-state index in [-0.39, 0.29) is 5.92 Å². The van der Waals surface area contributed by atoms with E-state index in [9.17, 15) is 9.59 Å². The Morgan fingerprint density at radius 1 is 1.28 bits per heavy atom. The molecule has 0 bridgehead atoms. The van der Waals surface area contributed by atoms with Gasteiger partial charge in [0.15, 0.2) is 5.92 Å². The number of hydrogen-bond acceptors (Lipinski definition) is 4. The quantitative estimate of drug-likeness (QED) is 0.592. The smallest absolute Gasteiger partial charge is 0.321 e. The topological polar surface area (TPSA) is 52.6 Å². The van der Waals surface area contributed by atoms with Gasteiger partial charge >= 0.3 is 11.9 Å². The zero-order valence-electron chi connectivity index (χ0n) is 10.7. The lowest BCUT2D eigenvalue weighted by molar-refractivity contribution is -0.156. The van der Waals surface area contributed by atoms with Gasteiger partial charge in [0.2, 0.25) is 0 Å². The highest BCUT2D eigenvalue weighted by Crippen LogP contribution is 2.44. The zero-order chi connectivity index (χ0) is 13.3. The van der Waals surface area contributed by atoms with Crippen LogP contribution in [0.15, 0.2) is 30.3 Å². The third-order valence-electron chi connectivity index (χ3n) is 3.31. The van der Waals surface area contributed by atoms with Gasteiger partial charge in [-0.3, -0.25) is 9.59 Å². The number of hydrogen-bond donors (Lipinski definition) is 0. The fraction of sp³-hybridized carbons (Fsp3) is 0.429. The number of benzene rings is 1. The number of carbonyl (C=O) groups is 2. The SMILES string of the molecule is COC(=O)[C@H]1C(=O)OC(C)(C)[C@@H]1c1ccccc1. The van der Waals surface area contributed by atoms with E-state index in [0.717, 1.165) is 5.56 Å². The Labute approximate surface area is 106 Å². The van der Waals surface area contributed by atoms with E-state index in [1.165, 1.54) is 7.11 Å². The predicted octanol–water partition coefficient (Wildman–Crippen LogP) is 1.89. The Bertz CT molecular complexity index is 464. The lowest BCUT2D eigenvalue weighted by Gasteiger charge is -2.26. The van der Waals surface area contributed by atoms with Crippen molar-refractivity contribution < 1.29 is 19.1 Å². The van der Waals surface area contributed by atoms with Crippen molar-refractivity contribution in [1.82, 2.24) is 0 Å². The van der Waals surface area contributed by atoms with E-state index in [4.69, 9.17) is 9.47 Å². The summed E-state index contributed by atoms with van der Waals surface area (Å²) in [7, 11) is 1.28. The van der Waals surface area contributed by atoms with E-state index < -0.39 is 23.5 Å². The molecular formula is C14H16O4. The summed E-state index contributed by atoms with van der Waals surface area (Å²) in [5.74, 6) is -2.26. The van der Waals surface area contributed by atoms with Gasteiger partial charge in [-0.05, 0) is 19.4 Å². The summed E-state index contributed by atoms with van der Waals surface area (Å²) in [5, 5.41) is 0. The molecule has 0 saturated carbocycles. The second kappa shape index (κ2) is 4.44. The summed E-state index contributed by atoms with van der Waals surface area (Å²) < 4.78 is 10.0. The molecule has 0 amide bonds. The normalized spacial score (nSPS) is 25.6. The van der Waals surface area contributed by atoms with Gasteiger partial charge in [0.1, 0.15) is 5.60 Å². The minimum atomic E-state index is -0.882. The number of ether oxygens (including phenoxy) is 2. The molecule has 96 valence electrons. The molecule has 0 spiro atoms. The van der Waals surface area contributed by atoms with Crippen molar-refractivity contribution in [2.45, 2.75) is 25.4 Å². The number of rotatable bonds is 2. The van der Waals surface area contributed by atoms with Crippen molar-refractivity contribution in [1.29, 1.82) is 0 Å². The van der Waals surface area contributed by atoms with Crippen LogP contribution < -0.4 is 0 Å². The lowest BCUT2D eigenvalue weighted by atomic mass is 9.78. The molecule has 4 nitrogen and oxygen atoms in total. The van der Waals surface area contributed by atoms with Crippen molar-refractivity contribution in [3.05, 3.63) is 35.9 Å². The molecule has 18 heavy (non-hydrogen) atoms. The summed E-state index contributed by atoms with van der Waals surface area (Å²) in [4.78, 5) is 23.6. The number of cyclic esters (lactones) is 1. The molecular weight excluding hydrogens is 232 g/mol. The van der Waals surface area contributed by atoms with Crippen LogP contribution >= 0.6 is 0 Å². The Balaban J connectivity index is 2.45. The second-order valence-corrected chi connectivity index (χ2v) is 4.91. The largest absolute Gasteiger partial charge is 0.468 e. The predicted molar refractivity (Wildman–Crippen MR) is 64.9 cm³/mol. The highest BCUT2D eigenvalue weighted by Gasteiger charge is 2.54. The molecule has 0 N–H and O–H groups in total. The van der Waals surface area contributed by atoms with Crippen molar-refractivity contribution in [3.63, 3.8) is 0 Å². The molecule has 0 aromatic heterocycles. The molecule has 1 fully saturated rings. The highest BCUT2D eigenvalue weighted by molar-refractivity contribution is 5.98. The average Bonchev–Trinajstić information content (AvgIpc) is 2.58. The minimum Gasteiger partial charge on any atom is -0.468 e. The van der Waals surface area contributed by atoms with E-state index in [1.807, 2.05) is 44.2 Å². The molecule has 1 saturated heterocycles. The maximum absolute atomic E-state index is 11.9. The van der Waals surface area contributed by atoms with Crippen LogP contribution in [0.3, 0.4) is 0 Å². The molecule has 1 aliphatic rings. The Morgan fingerprint density at radius 3 is 2.44 bits per heavy atom. The molecule has 1 aliphatic heterocycles. The van der Waals surface area contributed by atoms with E-state index in [2.05, 4.69) is 0 Å². The van der Waals surface area contributed by atoms with Gasteiger partial charge < -0.3 is 9.47 Å². The summed E-state index contributed by atoms with van der Waals surface area (Å²) in [5.41, 5.74) is 0.195. The van der Waals surface area contributed by atoms with Gasteiger partial charge in [-0.2, -0.15) is 0 Å². The third-order valence-corrected chi connectivity index (χ3v) is 3.31. The average molecular weight is 248 g/mol. The zero-order valence-corrected chi connectivity index (χ0v) is 10.7. The van der Waals surface area contributed by atoms with Crippen LogP contribution in [-0.2, 0) is 19.1 Å². The first-order valence-electron chi connectivity index (χ1n) is 5.83. The highest BCUT2D eigenvalue weighted by atomic mass is 16.6. The van der Waals surface area contributed by atoms with Gasteiger partial charge in [-0.15, -0.1) is 0 Å².